The van der Waals surface area contributed by atoms with Gasteiger partial charge in [0.25, 0.3) is 0 Å². The van der Waals surface area contributed by atoms with Crippen LogP contribution in [0.25, 0.3) is 10.8 Å². The van der Waals surface area contributed by atoms with Crippen molar-refractivity contribution in [2.75, 3.05) is 11.2 Å². The summed E-state index contributed by atoms with van der Waals surface area (Å²) in [6.07, 6.45) is 0. The monoisotopic (exact) mass is 279 g/mol. The van der Waals surface area contributed by atoms with Crippen LogP contribution in [-0.4, -0.2) is 28.0 Å². The van der Waals surface area contributed by atoms with Crippen LogP contribution in [-0.2, 0) is 4.79 Å². The molecule has 0 spiro atoms. The summed E-state index contributed by atoms with van der Waals surface area (Å²) in [5.74, 6) is -2.10. The molecule has 0 saturated heterocycles. The molecule has 2 rings (SSSR count). The van der Waals surface area contributed by atoms with Crippen molar-refractivity contribution >= 4 is 39.9 Å². The molecule has 2 aromatic carbocycles. The summed E-state index contributed by atoms with van der Waals surface area (Å²) in [6, 6.07) is 7.65. The lowest BCUT2D eigenvalue weighted by atomic mass is 10.0. The number of amides is 1. The summed E-state index contributed by atoms with van der Waals surface area (Å²) in [7, 11) is 0. The van der Waals surface area contributed by atoms with Crippen molar-refractivity contribution in [3.8, 4) is 5.75 Å². The quantitative estimate of drug-likeness (QED) is 0.753. The highest BCUT2D eigenvalue weighted by Gasteiger charge is 2.14. The van der Waals surface area contributed by atoms with Gasteiger partial charge in [0.05, 0.1) is 0 Å². The Kier molecular flexibility index (Phi) is 3.57. The fourth-order valence-corrected chi connectivity index (χ4v) is 1.87. The summed E-state index contributed by atoms with van der Waals surface area (Å²) in [4.78, 5) is 22.2. The number of carboxylic acids is 1. The lowest BCUT2D eigenvalue weighted by Crippen LogP contribution is -2.12. The molecule has 0 aliphatic carbocycles. The van der Waals surface area contributed by atoms with Gasteiger partial charge in [0.2, 0.25) is 5.91 Å². The minimum atomic E-state index is -1.21. The highest BCUT2D eigenvalue weighted by atomic mass is 35.5. The average Bonchev–Trinajstić information content (AvgIpc) is 2.39. The lowest BCUT2D eigenvalue weighted by molar-refractivity contribution is -0.113. The van der Waals surface area contributed by atoms with E-state index in [2.05, 4.69) is 5.32 Å². The van der Waals surface area contributed by atoms with E-state index in [1.54, 1.807) is 18.2 Å². The van der Waals surface area contributed by atoms with Gasteiger partial charge >= 0.3 is 5.97 Å². The fourth-order valence-electron chi connectivity index (χ4n) is 1.81. The third kappa shape index (κ3) is 2.46. The normalized spacial score (nSPS) is 10.4. The summed E-state index contributed by atoms with van der Waals surface area (Å²) in [5, 5.41) is 22.3. The van der Waals surface area contributed by atoms with Gasteiger partial charge in [0.1, 0.15) is 17.2 Å². The van der Waals surface area contributed by atoms with Crippen molar-refractivity contribution in [1.29, 1.82) is 0 Å². The molecule has 0 fully saturated rings. The van der Waals surface area contributed by atoms with Crippen LogP contribution in [0, 0.1) is 0 Å². The van der Waals surface area contributed by atoms with Crippen LogP contribution in [0.1, 0.15) is 10.4 Å². The van der Waals surface area contributed by atoms with Crippen molar-refractivity contribution in [2.24, 2.45) is 0 Å². The van der Waals surface area contributed by atoms with E-state index in [4.69, 9.17) is 16.7 Å². The molecule has 98 valence electrons. The first-order valence-electron chi connectivity index (χ1n) is 5.38. The minimum Gasteiger partial charge on any atom is -0.506 e. The average molecular weight is 280 g/mol. The second-order valence-corrected chi connectivity index (χ2v) is 4.12. The van der Waals surface area contributed by atoms with E-state index in [-0.39, 0.29) is 23.1 Å². The molecular formula is C13H10ClNO4. The van der Waals surface area contributed by atoms with Gasteiger partial charge in [-0.2, -0.15) is 0 Å². The Hall–Kier alpha value is -2.27. The highest BCUT2D eigenvalue weighted by molar-refractivity contribution is 6.29. The SMILES string of the molecule is O=C(CCl)Nc1cccc2c(O)c(C(=O)O)ccc12. The number of fused-ring (bicyclic) bond motifs is 1. The Balaban J connectivity index is 2.61. The number of rotatable bonds is 3. The Morgan fingerprint density at radius 2 is 1.89 bits per heavy atom. The standard InChI is InChI=1S/C13H10ClNO4/c14-6-11(16)15-10-3-1-2-8-7(10)4-5-9(12(8)17)13(18)19/h1-5,17H,6H2,(H,15,16)(H,18,19). The largest absolute Gasteiger partial charge is 0.506 e. The molecule has 0 heterocycles. The predicted octanol–water partition coefficient (Wildman–Crippen LogP) is 2.42. The van der Waals surface area contributed by atoms with E-state index >= 15 is 0 Å². The number of carboxylic acid groups (broad SMARTS) is 1. The van der Waals surface area contributed by atoms with E-state index in [9.17, 15) is 14.7 Å². The second kappa shape index (κ2) is 5.16. The second-order valence-electron chi connectivity index (χ2n) is 3.85. The van der Waals surface area contributed by atoms with Gasteiger partial charge in [-0.15, -0.1) is 11.6 Å². The van der Waals surface area contributed by atoms with Crippen LogP contribution in [0.2, 0.25) is 0 Å². The summed E-state index contributed by atoms with van der Waals surface area (Å²) in [6.45, 7) is 0. The Labute approximate surface area is 113 Å². The van der Waals surface area contributed by atoms with E-state index in [0.29, 0.717) is 16.5 Å². The smallest absolute Gasteiger partial charge is 0.339 e. The number of hydrogen-bond donors (Lipinski definition) is 3. The molecule has 0 radical (unpaired) electrons. The van der Waals surface area contributed by atoms with Gasteiger partial charge in [-0.05, 0) is 12.1 Å². The summed E-state index contributed by atoms with van der Waals surface area (Å²) >= 11 is 5.41. The van der Waals surface area contributed by atoms with E-state index in [0.717, 1.165) is 0 Å². The van der Waals surface area contributed by atoms with Gasteiger partial charge in [-0.3, -0.25) is 4.79 Å². The molecule has 0 aliphatic rings. The molecule has 2 aromatic rings. The molecule has 19 heavy (non-hydrogen) atoms. The molecule has 5 nitrogen and oxygen atoms in total. The van der Waals surface area contributed by atoms with Crippen molar-refractivity contribution in [1.82, 2.24) is 0 Å². The maximum atomic E-state index is 11.3. The molecule has 0 saturated carbocycles. The van der Waals surface area contributed by atoms with Gasteiger partial charge in [0.15, 0.2) is 0 Å². The van der Waals surface area contributed by atoms with Crippen LogP contribution in [0.5, 0.6) is 5.75 Å². The molecule has 0 atom stereocenters. The Bertz CT molecular complexity index is 669. The molecule has 0 aromatic heterocycles. The molecular weight excluding hydrogens is 270 g/mol. The molecule has 6 heteroatoms. The molecule has 0 unspecified atom stereocenters. The van der Waals surface area contributed by atoms with Crippen LogP contribution < -0.4 is 5.32 Å². The first-order valence-corrected chi connectivity index (χ1v) is 5.92. The van der Waals surface area contributed by atoms with E-state index < -0.39 is 5.97 Å². The van der Waals surface area contributed by atoms with Gasteiger partial charge < -0.3 is 15.5 Å². The van der Waals surface area contributed by atoms with Crippen LogP contribution in [0.15, 0.2) is 30.3 Å². The number of carbonyl (C=O) groups excluding carboxylic acids is 1. The highest BCUT2D eigenvalue weighted by Crippen LogP contribution is 2.33. The van der Waals surface area contributed by atoms with E-state index in [1.165, 1.54) is 12.1 Å². The lowest BCUT2D eigenvalue weighted by Gasteiger charge is -2.10. The van der Waals surface area contributed by atoms with Gasteiger partial charge in [-0.25, -0.2) is 4.79 Å². The number of anilines is 1. The first kappa shape index (κ1) is 13.2. The van der Waals surface area contributed by atoms with Crippen LogP contribution in [0.4, 0.5) is 5.69 Å². The minimum absolute atomic E-state index is 0.185. The van der Waals surface area contributed by atoms with Crippen molar-refractivity contribution in [2.45, 2.75) is 0 Å². The van der Waals surface area contributed by atoms with Crippen molar-refractivity contribution in [3.05, 3.63) is 35.9 Å². The summed E-state index contributed by atoms with van der Waals surface area (Å²) in [5.41, 5.74) is 0.281. The van der Waals surface area contributed by atoms with Gasteiger partial charge in [-0.1, -0.05) is 18.2 Å². The fraction of sp³-hybridized carbons (Fsp3) is 0.0769. The van der Waals surface area contributed by atoms with E-state index in [1.807, 2.05) is 0 Å². The number of alkyl halides is 1. The predicted molar refractivity (Wildman–Crippen MR) is 71.9 cm³/mol. The molecule has 0 bridgehead atoms. The Morgan fingerprint density at radius 3 is 2.53 bits per heavy atom. The number of carbonyl (C=O) groups is 2. The zero-order chi connectivity index (χ0) is 14.0. The number of nitrogens with one attached hydrogen (secondary N) is 1. The third-order valence-corrected chi connectivity index (χ3v) is 2.90. The number of aromatic carboxylic acids is 1. The topological polar surface area (TPSA) is 86.6 Å². The molecule has 1 amide bonds. The number of hydrogen-bond acceptors (Lipinski definition) is 3. The summed E-state index contributed by atoms with van der Waals surface area (Å²) < 4.78 is 0. The van der Waals surface area contributed by atoms with Crippen LogP contribution in [0.3, 0.4) is 0 Å². The Morgan fingerprint density at radius 1 is 1.16 bits per heavy atom. The molecule has 3 N–H and O–H groups in total. The third-order valence-electron chi connectivity index (χ3n) is 2.66. The maximum absolute atomic E-state index is 11.3. The van der Waals surface area contributed by atoms with Crippen LogP contribution >= 0.6 is 11.6 Å². The zero-order valence-corrected chi connectivity index (χ0v) is 10.4. The number of phenols is 1. The molecule has 0 aliphatic heterocycles. The zero-order valence-electron chi connectivity index (χ0n) is 9.68. The number of halogens is 1. The van der Waals surface area contributed by atoms with Gasteiger partial charge in [0, 0.05) is 16.5 Å². The number of benzene rings is 2. The van der Waals surface area contributed by atoms with Crippen molar-refractivity contribution < 1.29 is 19.8 Å². The maximum Gasteiger partial charge on any atom is 0.339 e. The van der Waals surface area contributed by atoms with Crippen molar-refractivity contribution in [3.63, 3.8) is 0 Å². The number of aromatic hydroxyl groups is 1. The first-order chi connectivity index (χ1) is 9.04.